The van der Waals surface area contributed by atoms with Gasteiger partial charge in [-0.15, -0.1) is 0 Å². The SMILES string of the molecule is CC(C)(C)[N+]1(CC2(O)Cn3c(=O)c(F)cc4ncc(F)c2c43)CCC(NC(=O)O)CC1. The van der Waals surface area contributed by atoms with Crippen molar-refractivity contribution in [3.8, 4) is 0 Å². The van der Waals surface area contributed by atoms with E-state index in [1.54, 1.807) is 0 Å². The molecule has 4 heterocycles. The van der Waals surface area contributed by atoms with Crippen molar-refractivity contribution in [2.45, 2.75) is 57.3 Å². The third-order valence-corrected chi connectivity index (χ3v) is 7.03. The van der Waals surface area contributed by atoms with Gasteiger partial charge < -0.3 is 24.6 Å². The van der Waals surface area contributed by atoms with E-state index in [0.717, 1.165) is 16.8 Å². The van der Waals surface area contributed by atoms with Gasteiger partial charge in [-0.3, -0.25) is 9.78 Å². The number of rotatable bonds is 3. The van der Waals surface area contributed by atoms with E-state index in [1.807, 2.05) is 20.8 Å². The molecule has 31 heavy (non-hydrogen) atoms. The molecule has 1 fully saturated rings. The van der Waals surface area contributed by atoms with E-state index >= 15 is 0 Å². The molecule has 0 radical (unpaired) electrons. The van der Waals surface area contributed by atoms with Crippen LogP contribution in [0.3, 0.4) is 0 Å². The number of quaternary nitrogens is 1. The summed E-state index contributed by atoms with van der Waals surface area (Å²) in [5.41, 5.74) is -2.77. The molecule has 4 rings (SSSR count). The van der Waals surface area contributed by atoms with E-state index in [9.17, 15) is 23.5 Å². The maximum Gasteiger partial charge on any atom is 0.404 e. The average molecular weight is 437 g/mol. The highest BCUT2D eigenvalue weighted by atomic mass is 19.1. The summed E-state index contributed by atoms with van der Waals surface area (Å²) >= 11 is 0. The summed E-state index contributed by atoms with van der Waals surface area (Å²) in [7, 11) is 0. The molecule has 1 unspecified atom stereocenters. The highest BCUT2D eigenvalue weighted by Crippen LogP contribution is 2.42. The second kappa shape index (κ2) is 6.96. The summed E-state index contributed by atoms with van der Waals surface area (Å²) in [6.45, 7) is 7.04. The number of amides is 1. The zero-order valence-electron chi connectivity index (χ0n) is 17.8. The number of carboxylic acid groups (broad SMARTS) is 1. The van der Waals surface area contributed by atoms with Crippen molar-refractivity contribution in [1.82, 2.24) is 14.9 Å². The fourth-order valence-corrected chi connectivity index (χ4v) is 5.30. The van der Waals surface area contributed by atoms with Gasteiger partial charge in [0.05, 0.1) is 48.0 Å². The minimum atomic E-state index is -1.73. The Morgan fingerprint density at radius 3 is 2.55 bits per heavy atom. The molecule has 0 aliphatic carbocycles. The normalized spacial score (nSPS) is 28.1. The van der Waals surface area contributed by atoms with Gasteiger partial charge in [0.1, 0.15) is 12.4 Å². The Bertz CT molecular complexity index is 1120. The van der Waals surface area contributed by atoms with E-state index in [1.165, 1.54) is 0 Å². The number of likely N-dealkylation sites (tertiary alicyclic amines) is 1. The van der Waals surface area contributed by atoms with Gasteiger partial charge in [-0.05, 0) is 20.8 Å². The van der Waals surface area contributed by atoms with Gasteiger partial charge in [0.25, 0.3) is 5.56 Å². The molecule has 1 saturated heterocycles. The van der Waals surface area contributed by atoms with Crippen LogP contribution in [0.2, 0.25) is 0 Å². The van der Waals surface area contributed by atoms with E-state index < -0.39 is 28.9 Å². The monoisotopic (exact) mass is 437 g/mol. The molecule has 8 nitrogen and oxygen atoms in total. The van der Waals surface area contributed by atoms with Crippen LogP contribution in [-0.2, 0) is 12.1 Å². The van der Waals surface area contributed by atoms with E-state index in [-0.39, 0.29) is 41.3 Å². The summed E-state index contributed by atoms with van der Waals surface area (Å²) in [6, 6.07) is 0.780. The zero-order chi connectivity index (χ0) is 22.8. The van der Waals surface area contributed by atoms with Crippen LogP contribution < -0.4 is 10.9 Å². The largest absolute Gasteiger partial charge is 0.465 e. The smallest absolute Gasteiger partial charge is 0.404 e. The molecule has 0 aromatic carbocycles. The molecule has 0 saturated carbocycles. The zero-order valence-corrected chi connectivity index (χ0v) is 17.8. The highest BCUT2D eigenvalue weighted by Gasteiger charge is 2.53. The Hall–Kier alpha value is -2.59. The van der Waals surface area contributed by atoms with Gasteiger partial charge in [-0.2, -0.15) is 0 Å². The topological polar surface area (TPSA) is 104 Å². The molecular formula is C21H27F2N4O4+. The highest BCUT2D eigenvalue weighted by molar-refractivity contribution is 5.81. The third-order valence-electron chi connectivity index (χ3n) is 7.03. The molecule has 168 valence electrons. The second-order valence-corrected chi connectivity index (χ2v) is 9.78. The lowest BCUT2D eigenvalue weighted by molar-refractivity contribution is -0.980. The van der Waals surface area contributed by atoms with Crippen LogP contribution in [0.4, 0.5) is 13.6 Å². The number of hydrogen-bond donors (Lipinski definition) is 3. The first kappa shape index (κ1) is 21.6. The number of aliphatic hydroxyl groups is 1. The van der Waals surface area contributed by atoms with Gasteiger partial charge >= 0.3 is 6.09 Å². The quantitative estimate of drug-likeness (QED) is 0.637. The van der Waals surface area contributed by atoms with Crippen molar-refractivity contribution in [2.75, 3.05) is 19.6 Å². The molecule has 1 amide bonds. The van der Waals surface area contributed by atoms with Gasteiger partial charge in [-0.1, -0.05) is 0 Å². The number of hydrogen-bond acceptors (Lipinski definition) is 4. The number of aromatic nitrogens is 2. The molecule has 10 heteroatoms. The van der Waals surface area contributed by atoms with E-state index in [4.69, 9.17) is 5.11 Å². The van der Waals surface area contributed by atoms with Crippen LogP contribution in [0.25, 0.3) is 11.0 Å². The second-order valence-electron chi connectivity index (χ2n) is 9.78. The molecule has 0 spiro atoms. The lowest BCUT2D eigenvalue weighted by Gasteiger charge is -2.54. The van der Waals surface area contributed by atoms with Gasteiger partial charge in [0.2, 0.25) is 0 Å². The fraction of sp³-hybridized carbons (Fsp3) is 0.571. The Kier molecular flexibility index (Phi) is 4.86. The Morgan fingerprint density at radius 2 is 1.97 bits per heavy atom. The van der Waals surface area contributed by atoms with Crippen LogP contribution in [0.5, 0.6) is 0 Å². The summed E-state index contributed by atoms with van der Waals surface area (Å²) in [5.74, 6) is -1.73. The molecular weight excluding hydrogens is 410 g/mol. The predicted molar refractivity (Wildman–Crippen MR) is 109 cm³/mol. The molecule has 2 aliphatic rings. The molecule has 2 aromatic rings. The molecule has 1 atom stereocenters. The lowest BCUT2D eigenvalue weighted by atomic mass is 9.86. The number of nitrogens with one attached hydrogen (secondary N) is 1. The van der Waals surface area contributed by atoms with Crippen molar-refractivity contribution in [1.29, 1.82) is 0 Å². The molecule has 3 N–H and O–H groups in total. The van der Waals surface area contributed by atoms with E-state index in [2.05, 4.69) is 10.3 Å². The standard InChI is InChI=1S/C21H26F2N4O4/c1-20(2,3)27(6-4-12(5-7-27)25-19(29)30)11-21(31)10-26-17-15(8-13(22)18(26)28)24-9-14(23)16(17)21/h8-9,12,25,31H,4-7,10-11H2,1-3H3/p+1. The molecule has 2 aromatic heterocycles. The van der Waals surface area contributed by atoms with Crippen LogP contribution in [0.1, 0.15) is 39.2 Å². The number of pyridine rings is 2. The summed E-state index contributed by atoms with van der Waals surface area (Å²) < 4.78 is 30.6. The first-order chi connectivity index (χ1) is 14.4. The molecule has 2 aliphatic heterocycles. The first-order valence-corrected chi connectivity index (χ1v) is 10.3. The average Bonchev–Trinajstić information content (AvgIpc) is 2.97. The Labute approximate surface area is 177 Å². The third kappa shape index (κ3) is 3.38. The van der Waals surface area contributed by atoms with Crippen LogP contribution in [0.15, 0.2) is 17.1 Å². The Balaban J connectivity index is 1.76. The maximum atomic E-state index is 14.9. The van der Waals surface area contributed by atoms with E-state index in [0.29, 0.717) is 30.4 Å². The first-order valence-electron chi connectivity index (χ1n) is 10.3. The van der Waals surface area contributed by atoms with Crippen molar-refractivity contribution in [2.24, 2.45) is 0 Å². The number of piperidine rings is 1. The van der Waals surface area contributed by atoms with Gasteiger partial charge in [-0.25, -0.2) is 13.6 Å². The maximum absolute atomic E-state index is 14.9. The van der Waals surface area contributed by atoms with Gasteiger partial charge in [0, 0.05) is 24.9 Å². The predicted octanol–water partition coefficient (Wildman–Crippen LogP) is 1.92. The minimum absolute atomic E-state index is 0.0258. The number of halogens is 2. The summed E-state index contributed by atoms with van der Waals surface area (Å²) in [5, 5.41) is 23.3. The lowest BCUT2D eigenvalue weighted by Crippen LogP contribution is -2.68. The van der Waals surface area contributed by atoms with Crippen LogP contribution >= 0.6 is 0 Å². The number of carbonyl (C=O) groups is 1. The van der Waals surface area contributed by atoms with Crippen molar-refractivity contribution in [3.05, 3.63) is 39.8 Å². The molecule has 0 bridgehead atoms. The van der Waals surface area contributed by atoms with Crippen LogP contribution in [-0.4, -0.2) is 61.6 Å². The van der Waals surface area contributed by atoms with Crippen LogP contribution in [0, 0.1) is 11.6 Å². The summed E-state index contributed by atoms with van der Waals surface area (Å²) in [4.78, 5) is 27.3. The fourth-order valence-electron chi connectivity index (χ4n) is 5.30. The summed E-state index contributed by atoms with van der Waals surface area (Å²) in [6.07, 6.45) is 1.01. The Morgan fingerprint density at radius 1 is 1.32 bits per heavy atom. The number of nitrogens with zero attached hydrogens (tertiary/aromatic N) is 3. The van der Waals surface area contributed by atoms with Crippen molar-refractivity contribution in [3.63, 3.8) is 0 Å². The minimum Gasteiger partial charge on any atom is -0.465 e. The van der Waals surface area contributed by atoms with Gasteiger partial charge in [0.15, 0.2) is 11.4 Å². The van der Waals surface area contributed by atoms with Crippen molar-refractivity contribution < 1.29 is 28.3 Å². The van der Waals surface area contributed by atoms with Crippen molar-refractivity contribution >= 4 is 17.1 Å².